The van der Waals surface area contributed by atoms with Crippen molar-refractivity contribution in [2.45, 2.75) is 6.92 Å². The van der Waals surface area contributed by atoms with Gasteiger partial charge in [-0.25, -0.2) is 4.98 Å². The number of nitrogen functional groups attached to an aromatic ring is 1. The quantitative estimate of drug-likeness (QED) is 0.371. The fraction of sp³-hybridized carbons (Fsp3) is 0.300. The van der Waals surface area contributed by atoms with E-state index in [9.17, 15) is 19.7 Å². The SMILES string of the molecule is CC(=O)NCCNC(=O)c1cc([N+](=O)[O-])cnc1N. The van der Waals surface area contributed by atoms with E-state index in [1.165, 1.54) is 6.92 Å². The van der Waals surface area contributed by atoms with Crippen molar-refractivity contribution in [2.75, 3.05) is 18.8 Å². The zero-order valence-electron chi connectivity index (χ0n) is 10.2. The molecule has 0 fully saturated rings. The van der Waals surface area contributed by atoms with Gasteiger partial charge in [0.2, 0.25) is 5.91 Å². The molecule has 1 aromatic rings. The molecule has 0 atom stereocenters. The Bertz CT molecular complexity index is 517. The van der Waals surface area contributed by atoms with Crippen LogP contribution in [0.3, 0.4) is 0 Å². The standard InChI is InChI=1S/C10H13N5O4/c1-6(16)12-2-3-13-10(17)8-4-7(15(18)19)5-14-9(8)11/h4-5H,2-3H2,1H3,(H2,11,14)(H,12,16)(H,13,17). The maximum atomic E-state index is 11.7. The molecule has 2 amide bonds. The average molecular weight is 267 g/mol. The van der Waals surface area contributed by atoms with Crippen molar-refractivity contribution >= 4 is 23.3 Å². The number of nitro groups is 1. The van der Waals surface area contributed by atoms with Gasteiger partial charge in [0.1, 0.15) is 12.0 Å². The number of hydrogen-bond donors (Lipinski definition) is 3. The maximum absolute atomic E-state index is 11.7. The van der Waals surface area contributed by atoms with Crippen LogP contribution >= 0.6 is 0 Å². The molecule has 0 saturated carbocycles. The zero-order chi connectivity index (χ0) is 14.4. The molecular weight excluding hydrogens is 254 g/mol. The molecule has 0 radical (unpaired) electrons. The van der Waals surface area contributed by atoms with Gasteiger partial charge in [0, 0.05) is 26.1 Å². The van der Waals surface area contributed by atoms with Gasteiger partial charge in [-0.15, -0.1) is 0 Å². The molecule has 0 spiro atoms. The lowest BCUT2D eigenvalue weighted by molar-refractivity contribution is -0.385. The summed E-state index contributed by atoms with van der Waals surface area (Å²) in [5.74, 6) is -0.896. The van der Waals surface area contributed by atoms with Gasteiger partial charge in [0.05, 0.1) is 10.5 Å². The molecule has 0 saturated heterocycles. The highest BCUT2D eigenvalue weighted by atomic mass is 16.6. The first kappa shape index (κ1) is 14.4. The molecule has 0 aromatic carbocycles. The Morgan fingerprint density at radius 2 is 2.05 bits per heavy atom. The third-order valence-electron chi connectivity index (χ3n) is 2.14. The maximum Gasteiger partial charge on any atom is 0.288 e. The Labute approximate surface area is 108 Å². The van der Waals surface area contributed by atoms with Crippen molar-refractivity contribution in [1.82, 2.24) is 15.6 Å². The summed E-state index contributed by atoms with van der Waals surface area (Å²) in [7, 11) is 0. The Kier molecular flexibility index (Phi) is 4.75. The van der Waals surface area contributed by atoms with E-state index < -0.39 is 10.8 Å². The number of aromatic nitrogens is 1. The summed E-state index contributed by atoms with van der Waals surface area (Å²) in [6.45, 7) is 1.79. The molecule has 0 aliphatic rings. The first-order chi connectivity index (χ1) is 8.91. The zero-order valence-corrected chi connectivity index (χ0v) is 10.2. The van der Waals surface area contributed by atoms with E-state index in [4.69, 9.17) is 5.73 Å². The molecular formula is C10H13N5O4. The van der Waals surface area contributed by atoms with Crippen LogP contribution in [0, 0.1) is 10.1 Å². The number of carbonyl (C=O) groups is 2. The first-order valence-corrected chi connectivity index (χ1v) is 5.34. The highest BCUT2D eigenvalue weighted by Gasteiger charge is 2.16. The van der Waals surface area contributed by atoms with Crippen molar-refractivity contribution in [2.24, 2.45) is 0 Å². The summed E-state index contributed by atoms with van der Waals surface area (Å²) in [5.41, 5.74) is 5.09. The normalized spacial score (nSPS) is 9.74. The molecule has 0 unspecified atom stereocenters. The minimum absolute atomic E-state index is 0.0722. The van der Waals surface area contributed by atoms with Gasteiger partial charge in [-0.1, -0.05) is 0 Å². The molecule has 0 aliphatic carbocycles. The van der Waals surface area contributed by atoms with Crippen LogP contribution < -0.4 is 16.4 Å². The first-order valence-electron chi connectivity index (χ1n) is 5.34. The third kappa shape index (κ3) is 4.22. The highest BCUT2D eigenvalue weighted by Crippen LogP contribution is 2.16. The van der Waals surface area contributed by atoms with E-state index in [1.54, 1.807) is 0 Å². The minimum Gasteiger partial charge on any atom is -0.383 e. The molecule has 1 heterocycles. The topological polar surface area (TPSA) is 140 Å². The number of anilines is 1. The van der Waals surface area contributed by atoms with Crippen molar-refractivity contribution in [3.63, 3.8) is 0 Å². The number of nitrogens with two attached hydrogens (primary N) is 1. The molecule has 0 aliphatic heterocycles. The predicted octanol–water partition coefficient (Wildman–Crippen LogP) is -0.562. The molecule has 9 heteroatoms. The second kappa shape index (κ2) is 6.28. The van der Waals surface area contributed by atoms with Gasteiger partial charge >= 0.3 is 0 Å². The second-order valence-corrected chi connectivity index (χ2v) is 3.62. The van der Waals surface area contributed by atoms with E-state index >= 15 is 0 Å². The van der Waals surface area contributed by atoms with Crippen LogP contribution in [-0.2, 0) is 4.79 Å². The summed E-state index contributed by atoms with van der Waals surface area (Å²) in [6.07, 6.45) is 0.976. The summed E-state index contributed by atoms with van der Waals surface area (Å²) < 4.78 is 0. The van der Waals surface area contributed by atoms with Crippen LogP contribution in [0.5, 0.6) is 0 Å². The van der Waals surface area contributed by atoms with E-state index in [1.807, 2.05) is 0 Å². The van der Waals surface area contributed by atoms with Gasteiger partial charge in [-0.05, 0) is 0 Å². The second-order valence-electron chi connectivity index (χ2n) is 3.62. The number of nitrogens with one attached hydrogen (secondary N) is 2. The third-order valence-corrected chi connectivity index (χ3v) is 2.14. The van der Waals surface area contributed by atoms with Crippen molar-refractivity contribution < 1.29 is 14.5 Å². The largest absolute Gasteiger partial charge is 0.383 e. The number of carbonyl (C=O) groups excluding carboxylic acids is 2. The van der Waals surface area contributed by atoms with E-state index in [0.29, 0.717) is 0 Å². The van der Waals surface area contributed by atoms with Gasteiger partial charge in [-0.3, -0.25) is 19.7 Å². The molecule has 4 N–H and O–H groups in total. The monoisotopic (exact) mass is 267 g/mol. The lowest BCUT2D eigenvalue weighted by atomic mass is 10.2. The fourth-order valence-corrected chi connectivity index (χ4v) is 1.26. The van der Waals surface area contributed by atoms with Crippen LogP contribution in [-0.4, -0.2) is 34.8 Å². The molecule has 0 bridgehead atoms. The summed E-state index contributed by atoms with van der Waals surface area (Å²) in [5, 5.41) is 15.5. The molecule has 102 valence electrons. The van der Waals surface area contributed by atoms with Gasteiger partial charge in [-0.2, -0.15) is 0 Å². The highest BCUT2D eigenvalue weighted by molar-refractivity contribution is 5.98. The molecule has 1 aromatic heterocycles. The predicted molar refractivity (Wildman–Crippen MR) is 66.3 cm³/mol. The number of rotatable bonds is 5. The van der Waals surface area contributed by atoms with E-state index in [-0.39, 0.29) is 36.1 Å². The minimum atomic E-state index is -0.666. The number of hydrogen-bond acceptors (Lipinski definition) is 6. The number of pyridine rings is 1. The van der Waals surface area contributed by atoms with Crippen molar-refractivity contribution in [3.05, 3.63) is 27.9 Å². The Morgan fingerprint density at radius 1 is 1.42 bits per heavy atom. The van der Waals surface area contributed by atoms with E-state index in [2.05, 4.69) is 15.6 Å². The van der Waals surface area contributed by atoms with Crippen molar-refractivity contribution in [1.29, 1.82) is 0 Å². The molecule has 1 rings (SSSR count). The van der Waals surface area contributed by atoms with Crippen LogP contribution in [0.15, 0.2) is 12.3 Å². The van der Waals surface area contributed by atoms with E-state index in [0.717, 1.165) is 12.3 Å². The molecule has 19 heavy (non-hydrogen) atoms. The van der Waals surface area contributed by atoms with Crippen LogP contribution in [0.2, 0.25) is 0 Å². The van der Waals surface area contributed by atoms with Gasteiger partial charge < -0.3 is 16.4 Å². The van der Waals surface area contributed by atoms with Crippen molar-refractivity contribution in [3.8, 4) is 0 Å². The average Bonchev–Trinajstić information content (AvgIpc) is 2.34. The summed E-state index contributed by atoms with van der Waals surface area (Å²) in [4.78, 5) is 35.8. The summed E-state index contributed by atoms with van der Waals surface area (Å²) in [6, 6.07) is 1.05. The van der Waals surface area contributed by atoms with Gasteiger partial charge in [0.25, 0.3) is 11.6 Å². The van der Waals surface area contributed by atoms with Crippen LogP contribution in [0.25, 0.3) is 0 Å². The Hall–Kier alpha value is -2.71. The smallest absolute Gasteiger partial charge is 0.288 e. The lowest BCUT2D eigenvalue weighted by Crippen LogP contribution is -2.34. The Balaban J connectivity index is 2.68. The molecule has 9 nitrogen and oxygen atoms in total. The Morgan fingerprint density at radius 3 is 2.63 bits per heavy atom. The summed E-state index contributed by atoms with van der Waals surface area (Å²) >= 11 is 0. The number of amides is 2. The lowest BCUT2D eigenvalue weighted by Gasteiger charge is -2.07. The van der Waals surface area contributed by atoms with Crippen LogP contribution in [0.4, 0.5) is 11.5 Å². The van der Waals surface area contributed by atoms with Gasteiger partial charge in [0.15, 0.2) is 0 Å². The fourth-order valence-electron chi connectivity index (χ4n) is 1.26. The van der Waals surface area contributed by atoms with Crippen LogP contribution in [0.1, 0.15) is 17.3 Å². The number of nitrogens with zero attached hydrogens (tertiary/aromatic N) is 2.